The summed E-state index contributed by atoms with van der Waals surface area (Å²) < 4.78 is 20.0. The molecule has 1 heterocycles. The molecule has 0 atom stereocenters. The number of halogens is 1. The van der Waals surface area contributed by atoms with Gasteiger partial charge in [-0.2, -0.15) is 0 Å². The summed E-state index contributed by atoms with van der Waals surface area (Å²) in [6, 6.07) is 12.7. The highest BCUT2D eigenvalue weighted by atomic mass is 19.1. The number of pyridine rings is 1. The number of aromatic nitrogens is 1. The molecule has 29 heavy (non-hydrogen) atoms. The lowest BCUT2D eigenvalue weighted by atomic mass is 10.2. The summed E-state index contributed by atoms with van der Waals surface area (Å²) in [5.41, 5.74) is -1.04. The van der Waals surface area contributed by atoms with Gasteiger partial charge in [0, 0.05) is 11.8 Å². The summed E-state index contributed by atoms with van der Waals surface area (Å²) in [5.74, 6) is -1.03. The van der Waals surface area contributed by atoms with Crippen LogP contribution in [-0.4, -0.2) is 22.5 Å². The van der Waals surface area contributed by atoms with Gasteiger partial charge in [0.2, 0.25) is 0 Å². The summed E-state index contributed by atoms with van der Waals surface area (Å²) in [5, 5.41) is 13.6. The van der Waals surface area contributed by atoms with Crippen molar-refractivity contribution in [2.75, 3.05) is 12.4 Å². The zero-order chi connectivity index (χ0) is 21.0. The van der Waals surface area contributed by atoms with Gasteiger partial charge in [-0.15, -0.1) is 0 Å². The molecule has 2 aromatic carbocycles. The lowest BCUT2D eigenvalue weighted by Crippen LogP contribution is -2.29. The first kappa shape index (κ1) is 19.7. The molecule has 0 unspecified atom stereocenters. The fourth-order valence-corrected chi connectivity index (χ4v) is 2.73. The third-order valence-electron chi connectivity index (χ3n) is 4.21. The largest absolute Gasteiger partial charge is 0.496 e. The van der Waals surface area contributed by atoms with Crippen molar-refractivity contribution >= 4 is 17.3 Å². The monoisotopic (exact) mass is 397 g/mol. The molecule has 9 heteroatoms. The first-order valence-electron chi connectivity index (χ1n) is 8.47. The van der Waals surface area contributed by atoms with E-state index in [-0.39, 0.29) is 34.8 Å². The van der Waals surface area contributed by atoms with E-state index in [4.69, 9.17) is 4.74 Å². The van der Waals surface area contributed by atoms with Crippen LogP contribution in [0.4, 0.5) is 15.8 Å². The van der Waals surface area contributed by atoms with Crippen LogP contribution in [-0.2, 0) is 6.54 Å². The van der Waals surface area contributed by atoms with Crippen LogP contribution in [0.2, 0.25) is 0 Å². The molecular weight excluding hydrogens is 381 g/mol. The number of hydrogen-bond donors (Lipinski definition) is 1. The quantitative estimate of drug-likeness (QED) is 0.508. The van der Waals surface area contributed by atoms with Crippen molar-refractivity contribution in [1.29, 1.82) is 0 Å². The Bertz CT molecular complexity index is 1140. The van der Waals surface area contributed by atoms with E-state index in [0.717, 1.165) is 6.07 Å². The molecule has 0 aliphatic carbocycles. The first-order valence-corrected chi connectivity index (χ1v) is 8.47. The number of nitrogens with one attached hydrogen (secondary N) is 1. The maximum atomic E-state index is 13.9. The van der Waals surface area contributed by atoms with E-state index in [2.05, 4.69) is 5.32 Å². The van der Waals surface area contributed by atoms with Crippen LogP contribution in [0.1, 0.15) is 15.9 Å². The van der Waals surface area contributed by atoms with Crippen LogP contribution in [0.15, 0.2) is 65.6 Å². The van der Waals surface area contributed by atoms with Gasteiger partial charge in [-0.25, -0.2) is 4.39 Å². The molecular formula is C20H16FN3O5. The molecule has 1 N–H and O–H groups in total. The topological polar surface area (TPSA) is 103 Å². The van der Waals surface area contributed by atoms with E-state index >= 15 is 0 Å². The van der Waals surface area contributed by atoms with Crippen molar-refractivity contribution in [2.45, 2.75) is 6.54 Å². The summed E-state index contributed by atoms with van der Waals surface area (Å²) in [6.45, 7) is -0.0602. The maximum Gasteiger partial charge on any atom is 0.296 e. The van der Waals surface area contributed by atoms with Gasteiger partial charge in [0.25, 0.3) is 17.2 Å². The first-order chi connectivity index (χ1) is 13.9. The second kappa shape index (κ2) is 8.34. The number of carbonyl (C=O) groups is 1. The minimum absolute atomic E-state index is 0.0602. The van der Waals surface area contributed by atoms with Crippen molar-refractivity contribution in [3.05, 3.63) is 98.2 Å². The number of nitro benzene ring substituents is 1. The molecule has 0 saturated heterocycles. The highest BCUT2D eigenvalue weighted by molar-refractivity contribution is 6.05. The number of benzene rings is 2. The van der Waals surface area contributed by atoms with E-state index < -0.39 is 22.2 Å². The van der Waals surface area contributed by atoms with Gasteiger partial charge < -0.3 is 14.6 Å². The molecule has 0 aliphatic heterocycles. The number of carbonyl (C=O) groups excluding carboxylic acids is 1. The Morgan fingerprint density at radius 2 is 1.97 bits per heavy atom. The number of nitrogens with zero attached hydrogens (tertiary/aromatic N) is 2. The van der Waals surface area contributed by atoms with Gasteiger partial charge in [0.15, 0.2) is 0 Å². The van der Waals surface area contributed by atoms with E-state index in [9.17, 15) is 24.1 Å². The standard InChI is InChI=1S/C20H16FN3O5/c1-29-14-8-9-17(18(11-14)24(27)28)22-19(25)15-6-4-10-23(20(15)26)12-13-5-2-3-7-16(13)21/h2-11H,12H2,1H3,(H,22,25). The van der Waals surface area contributed by atoms with Crippen LogP contribution < -0.4 is 15.6 Å². The lowest BCUT2D eigenvalue weighted by Gasteiger charge is -2.10. The van der Waals surface area contributed by atoms with E-state index in [1.807, 2.05) is 0 Å². The van der Waals surface area contributed by atoms with Gasteiger partial charge in [0.1, 0.15) is 22.8 Å². The second-order valence-corrected chi connectivity index (χ2v) is 6.04. The predicted molar refractivity (Wildman–Crippen MR) is 104 cm³/mol. The molecule has 0 spiro atoms. The molecule has 8 nitrogen and oxygen atoms in total. The van der Waals surface area contributed by atoms with E-state index in [0.29, 0.717) is 0 Å². The summed E-state index contributed by atoms with van der Waals surface area (Å²) in [6.07, 6.45) is 1.43. The van der Waals surface area contributed by atoms with Crippen LogP contribution in [0.25, 0.3) is 0 Å². The number of nitro groups is 1. The van der Waals surface area contributed by atoms with Crippen molar-refractivity contribution in [3.63, 3.8) is 0 Å². The highest BCUT2D eigenvalue weighted by Crippen LogP contribution is 2.29. The molecule has 0 saturated carbocycles. The Kier molecular flexibility index (Phi) is 5.68. The number of amides is 1. The molecule has 0 aliphatic rings. The van der Waals surface area contributed by atoms with Gasteiger partial charge in [0.05, 0.1) is 24.6 Å². The van der Waals surface area contributed by atoms with Crippen LogP contribution in [0.3, 0.4) is 0 Å². The van der Waals surface area contributed by atoms with Crippen LogP contribution in [0, 0.1) is 15.9 Å². The minimum atomic E-state index is -0.814. The van der Waals surface area contributed by atoms with Gasteiger partial charge in [-0.3, -0.25) is 19.7 Å². The van der Waals surface area contributed by atoms with E-state index in [1.165, 1.54) is 60.3 Å². The van der Waals surface area contributed by atoms with Gasteiger partial charge >= 0.3 is 0 Å². The number of ether oxygens (including phenoxy) is 1. The van der Waals surface area contributed by atoms with Crippen LogP contribution in [0.5, 0.6) is 5.75 Å². The van der Waals surface area contributed by atoms with Gasteiger partial charge in [-0.1, -0.05) is 18.2 Å². The zero-order valence-corrected chi connectivity index (χ0v) is 15.3. The normalized spacial score (nSPS) is 10.4. The fraction of sp³-hybridized carbons (Fsp3) is 0.100. The zero-order valence-electron chi connectivity index (χ0n) is 15.3. The Morgan fingerprint density at radius 1 is 1.21 bits per heavy atom. The Hall–Kier alpha value is -4.01. The average Bonchev–Trinajstić information content (AvgIpc) is 2.71. The number of anilines is 1. The number of hydrogen-bond acceptors (Lipinski definition) is 5. The second-order valence-electron chi connectivity index (χ2n) is 6.04. The third-order valence-corrected chi connectivity index (χ3v) is 4.21. The van der Waals surface area contributed by atoms with Crippen molar-refractivity contribution in [1.82, 2.24) is 4.57 Å². The van der Waals surface area contributed by atoms with Crippen LogP contribution >= 0.6 is 0 Å². The van der Waals surface area contributed by atoms with Gasteiger partial charge in [-0.05, 0) is 30.3 Å². The number of methoxy groups -OCH3 is 1. The molecule has 0 bridgehead atoms. The molecule has 148 valence electrons. The van der Waals surface area contributed by atoms with Crippen molar-refractivity contribution in [3.8, 4) is 5.75 Å². The summed E-state index contributed by atoms with van der Waals surface area (Å²) >= 11 is 0. The fourth-order valence-electron chi connectivity index (χ4n) is 2.73. The molecule has 0 fully saturated rings. The van der Waals surface area contributed by atoms with Crippen molar-refractivity contribution < 1.29 is 18.8 Å². The minimum Gasteiger partial charge on any atom is -0.496 e. The Balaban J connectivity index is 1.90. The molecule has 0 radical (unpaired) electrons. The smallest absolute Gasteiger partial charge is 0.296 e. The molecule has 1 amide bonds. The highest BCUT2D eigenvalue weighted by Gasteiger charge is 2.20. The molecule has 1 aromatic heterocycles. The maximum absolute atomic E-state index is 13.9. The van der Waals surface area contributed by atoms with Crippen molar-refractivity contribution in [2.24, 2.45) is 0 Å². The summed E-state index contributed by atoms with van der Waals surface area (Å²) in [4.78, 5) is 35.8. The summed E-state index contributed by atoms with van der Waals surface area (Å²) in [7, 11) is 1.36. The SMILES string of the molecule is COc1ccc(NC(=O)c2cccn(Cc3ccccc3F)c2=O)c([N+](=O)[O-])c1. The molecule has 3 rings (SSSR count). The predicted octanol–water partition coefficient (Wildman–Crippen LogP) is 3.20. The Labute approximate surface area is 164 Å². The molecule has 3 aromatic rings. The Morgan fingerprint density at radius 3 is 2.66 bits per heavy atom. The third kappa shape index (κ3) is 4.29. The van der Waals surface area contributed by atoms with E-state index in [1.54, 1.807) is 6.07 Å². The lowest BCUT2D eigenvalue weighted by molar-refractivity contribution is -0.384. The number of rotatable bonds is 6. The average molecular weight is 397 g/mol.